The molecule has 0 aliphatic carbocycles. The molecule has 0 aliphatic rings. The van der Waals surface area contributed by atoms with E-state index in [2.05, 4.69) is 26.2 Å². The fourth-order valence-corrected chi connectivity index (χ4v) is 2.07. The summed E-state index contributed by atoms with van der Waals surface area (Å²) < 4.78 is 0.589. The molecule has 1 amide bonds. The summed E-state index contributed by atoms with van der Waals surface area (Å²) in [7, 11) is 0. The number of nitrogens with one attached hydrogen (secondary N) is 1. The highest BCUT2D eigenvalue weighted by Gasteiger charge is 2.18. The minimum absolute atomic E-state index is 0.0835. The van der Waals surface area contributed by atoms with Crippen molar-refractivity contribution in [2.45, 2.75) is 6.92 Å². The number of hydrogen-bond donors (Lipinski definition) is 1. The first kappa shape index (κ1) is 14.1. The summed E-state index contributed by atoms with van der Waals surface area (Å²) in [6.07, 6.45) is 0. The van der Waals surface area contributed by atoms with Crippen molar-refractivity contribution >= 4 is 33.3 Å². The van der Waals surface area contributed by atoms with E-state index in [1.807, 2.05) is 0 Å². The largest absolute Gasteiger partial charge is 0.307 e. The number of aromatic nitrogens is 1. The number of halogens is 1. The van der Waals surface area contributed by atoms with Crippen LogP contribution in [0, 0.1) is 17.0 Å². The molecule has 0 radical (unpaired) electrons. The van der Waals surface area contributed by atoms with Gasteiger partial charge in [-0.15, -0.1) is 0 Å². The summed E-state index contributed by atoms with van der Waals surface area (Å²) in [5, 5.41) is 13.5. The Bertz CT molecular complexity index is 688. The van der Waals surface area contributed by atoms with Crippen molar-refractivity contribution in [1.82, 2.24) is 4.98 Å². The van der Waals surface area contributed by atoms with Crippen molar-refractivity contribution in [3.05, 3.63) is 62.2 Å². The normalized spacial score (nSPS) is 10.1. The second kappa shape index (κ2) is 5.79. The van der Waals surface area contributed by atoms with Gasteiger partial charge in [-0.3, -0.25) is 14.9 Å². The molecule has 0 spiro atoms. The maximum Gasteiger partial charge on any atom is 0.273 e. The van der Waals surface area contributed by atoms with Gasteiger partial charge in [-0.25, -0.2) is 4.98 Å². The zero-order valence-electron chi connectivity index (χ0n) is 10.5. The summed E-state index contributed by atoms with van der Waals surface area (Å²) in [6.45, 7) is 1.54. The van der Waals surface area contributed by atoms with Crippen molar-refractivity contribution in [3.8, 4) is 0 Å². The molecule has 0 bridgehead atoms. The predicted octanol–water partition coefficient (Wildman–Crippen LogP) is 3.31. The first-order valence-electron chi connectivity index (χ1n) is 5.67. The molecule has 0 saturated carbocycles. The summed E-state index contributed by atoms with van der Waals surface area (Å²) in [4.78, 5) is 26.6. The molecule has 0 aliphatic heterocycles. The van der Waals surface area contributed by atoms with Crippen LogP contribution >= 0.6 is 15.9 Å². The molecule has 102 valence electrons. The van der Waals surface area contributed by atoms with E-state index < -0.39 is 10.8 Å². The molecule has 1 aromatic carbocycles. The number of benzene rings is 1. The minimum atomic E-state index is -0.510. The summed E-state index contributed by atoms with van der Waals surface area (Å²) in [6, 6.07) is 9.48. The second-order valence-corrected chi connectivity index (χ2v) is 4.82. The summed E-state index contributed by atoms with van der Waals surface area (Å²) in [5.74, 6) is -0.0629. The highest BCUT2D eigenvalue weighted by atomic mass is 79.9. The number of rotatable bonds is 3. The summed E-state index contributed by atoms with van der Waals surface area (Å²) in [5.41, 5.74) is 0.492. The molecule has 2 rings (SSSR count). The van der Waals surface area contributed by atoms with Crippen molar-refractivity contribution in [3.63, 3.8) is 0 Å². The Morgan fingerprint density at radius 1 is 1.30 bits per heavy atom. The van der Waals surface area contributed by atoms with Gasteiger partial charge in [0.15, 0.2) is 0 Å². The van der Waals surface area contributed by atoms with Crippen molar-refractivity contribution in [2.75, 3.05) is 5.32 Å². The number of pyridine rings is 1. The topological polar surface area (TPSA) is 85.1 Å². The average molecular weight is 336 g/mol. The van der Waals surface area contributed by atoms with Crippen molar-refractivity contribution in [1.29, 1.82) is 0 Å². The molecule has 1 N–H and O–H groups in total. The van der Waals surface area contributed by atoms with E-state index in [0.717, 1.165) is 0 Å². The summed E-state index contributed by atoms with van der Waals surface area (Å²) >= 11 is 3.20. The minimum Gasteiger partial charge on any atom is -0.307 e. The van der Waals surface area contributed by atoms with Gasteiger partial charge in [-0.05, 0) is 41.1 Å². The first-order valence-corrected chi connectivity index (χ1v) is 6.46. The molecule has 2 aromatic rings. The van der Waals surface area contributed by atoms with Crippen LogP contribution in [0.2, 0.25) is 0 Å². The van der Waals surface area contributed by atoms with Crippen LogP contribution in [0.1, 0.15) is 15.9 Å². The lowest BCUT2D eigenvalue weighted by atomic mass is 10.1. The van der Waals surface area contributed by atoms with E-state index in [4.69, 9.17) is 0 Å². The Morgan fingerprint density at radius 3 is 2.65 bits per heavy atom. The fraction of sp³-hybridized carbons (Fsp3) is 0.0769. The quantitative estimate of drug-likeness (QED) is 0.529. The van der Waals surface area contributed by atoms with Crippen LogP contribution in [0.25, 0.3) is 0 Å². The number of anilines is 1. The van der Waals surface area contributed by atoms with Gasteiger partial charge in [0, 0.05) is 17.2 Å². The SMILES string of the molecule is Cc1c(C(=O)Nc2cccc(Br)n2)cccc1[N+](=O)[O-]. The molecular weight excluding hydrogens is 326 g/mol. The molecule has 0 fully saturated rings. The van der Waals surface area contributed by atoms with Crippen LogP contribution in [0.4, 0.5) is 11.5 Å². The molecule has 7 heteroatoms. The van der Waals surface area contributed by atoms with E-state index in [9.17, 15) is 14.9 Å². The third-order valence-electron chi connectivity index (χ3n) is 2.70. The maximum atomic E-state index is 12.1. The molecule has 0 atom stereocenters. The number of nitro groups is 1. The number of nitrogens with zero attached hydrogens (tertiary/aromatic N) is 2. The molecule has 0 saturated heterocycles. The molecule has 6 nitrogen and oxygen atoms in total. The zero-order valence-corrected chi connectivity index (χ0v) is 12.0. The number of carbonyl (C=O) groups excluding carboxylic acids is 1. The van der Waals surface area contributed by atoms with Crippen LogP contribution in [0.3, 0.4) is 0 Å². The van der Waals surface area contributed by atoms with Crippen molar-refractivity contribution < 1.29 is 9.72 Å². The predicted molar refractivity (Wildman–Crippen MR) is 77.7 cm³/mol. The monoisotopic (exact) mass is 335 g/mol. The Morgan fingerprint density at radius 2 is 2.00 bits per heavy atom. The molecule has 1 heterocycles. The lowest BCUT2D eigenvalue weighted by Crippen LogP contribution is -2.15. The molecule has 1 aromatic heterocycles. The van der Waals surface area contributed by atoms with E-state index in [-0.39, 0.29) is 11.3 Å². The molecular formula is C13H10BrN3O3. The average Bonchev–Trinajstić information content (AvgIpc) is 2.38. The van der Waals surface area contributed by atoms with Crippen LogP contribution in [-0.4, -0.2) is 15.8 Å². The third kappa shape index (κ3) is 3.00. The Kier molecular flexibility index (Phi) is 4.09. The maximum absolute atomic E-state index is 12.1. The molecule has 20 heavy (non-hydrogen) atoms. The van der Waals surface area contributed by atoms with Crippen LogP contribution in [0.15, 0.2) is 41.0 Å². The first-order chi connectivity index (χ1) is 9.49. The van der Waals surface area contributed by atoms with Gasteiger partial charge in [0.25, 0.3) is 11.6 Å². The number of carbonyl (C=O) groups is 1. The number of hydrogen-bond acceptors (Lipinski definition) is 4. The highest BCUT2D eigenvalue weighted by molar-refractivity contribution is 9.10. The zero-order chi connectivity index (χ0) is 14.7. The number of nitro benzene ring substituents is 1. The Hall–Kier alpha value is -2.28. The lowest BCUT2D eigenvalue weighted by molar-refractivity contribution is -0.385. The second-order valence-electron chi connectivity index (χ2n) is 4.01. The third-order valence-corrected chi connectivity index (χ3v) is 3.14. The van der Waals surface area contributed by atoms with E-state index in [1.54, 1.807) is 25.1 Å². The van der Waals surface area contributed by atoms with Gasteiger partial charge in [-0.1, -0.05) is 12.1 Å². The van der Waals surface area contributed by atoms with Crippen LogP contribution < -0.4 is 5.32 Å². The van der Waals surface area contributed by atoms with E-state index >= 15 is 0 Å². The standard InChI is InChI=1S/C13H10BrN3O3/c1-8-9(4-2-5-10(8)17(19)20)13(18)16-12-7-3-6-11(14)15-12/h2-7H,1H3,(H,15,16,18). The molecule has 0 unspecified atom stereocenters. The van der Waals surface area contributed by atoms with Crippen molar-refractivity contribution in [2.24, 2.45) is 0 Å². The Labute approximate surface area is 123 Å². The highest BCUT2D eigenvalue weighted by Crippen LogP contribution is 2.22. The number of amides is 1. The Balaban J connectivity index is 2.30. The van der Waals surface area contributed by atoms with E-state index in [1.165, 1.54) is 18.2 Å². The fourth-order valence-electron chi connectivity index (χ4n) is 1.73. The lowest BCUT2D eigenvalue weighted by Gasteiger charge is -2.07. The van der Waals surface area contributed by atoms with Crippen LogP contribution in [-0.2, 0) is 0 Å². The van der Waals surface area contributed by atoms with Gasteiger partial charge in [0.2, 0.25) is 0 Å². The van der Waals surface area contributed by atoms with Gasteiger partial charge < -0.3 is 5.32 Å². The van der Waals surface area contributed by atoms with Crippen LogP contribution in [0.5, 0.6) is 0 Å². The van der Waals surface area contributed by atoms with E-state index in [0.29, 0.717) is 16.0 Å². The van der Waals surface area contributed by atoms with Gasteiger partial charge in [-0.2, -0.15) is 0 Å². The van der Waals surface area contributed by atoms with Gasteiger partial charge in [0.05, 0.1) is 4.92 Å². The smallest absolute Gasteiger partial charge is 0.273 e. The van der Waals surface area contributed by atoms with Gasteiger partial charge in [0.1, 0.15) is 10.4 Å². The van der Waals surface area contributed by atoms with Gasteiger partial charge >= 0.3 is 0 Å².